The van der Waals surface area contributed by atoms with Crippen molar-refractivity contribution in [2.45, 2.75) is 32.2 Å². The summed E-state index contributed by atoms with van der Waals surface area (Å²) in [6, 6.07) is 11.4. The van der Waals surface area contributed by atoms with E-state index in [2.05, 4.69) is 15.3 Å². The van der Waals surface area contributed by atoms with Gasteiger partial charge in [0.15, 0.2) is 11.5 Å². The number of nitrogens with one attached hydrogen (secondary N) is 1. The Kier molecular flexibility index (Phi) is 6.91. The first kappa shape index (κ1) is 23.7. The summed E-state index contributed by atoms with van der Waals surface area (Å²) >= 11 is 0. The van der Waals surface area contributed by atoms with E-state index in [1.165, 1.54) is 10.8 Å². The largest absolute Gasteiger partial charge is 0.364 e. The van der Waals surface area contributed by atoms with Crippen LogP contribution in [-0.2, 0) is 4.79 Å². The van der Waals surface area contributed by atoms with Gasteiger partial charge in [0.1, 0.15) is 11.5 Å². The minimum Gasteiger partial charge on any atom is -0.364 e. The van der Waals surface area contributed by atoms with Crippen LogP contribution in [0.25, 0.3) is 11.3 Å². The van der Waals surface area contributed by atoms with Crippen molar-refractivity contribution in [2.75, 3.05) is 17.7 Å². The highest BCUT2D eigenvalue weighted by molar-refractivity contribution is 6.04. The van der Waals surface area contributed by atoms with Crippen molar-refractivity contribution < 1.29 is 14.4 Å². The van der Waals surface area contributed by atoms with Crippen molar-refractivity contribution in [2.24, 2.45) is 5.73 Å². The third-order valence-electron chi connectivity index (χ3n) is 5.89. The molecule has 1 aliphatic heterocycles. The minimum atomic E-state index is -0.736. The van der Waals surface area contributed by atoms with Gasteiger partial charge >= 0.3 is 0 Å². The van der Waals surface area contributed by atoms with Crippen LogP contribution in [0.4, 0.5) is 5.82 Å². The molecule has 10 heteroatoms. The van der Waals surface area contributed by atoms with E-state index in [1.807, 2.05) is 0 Å². The zero-order chi connectivity index (χ0) is 24.9. The van der Waals surface area contributed by atoms with Crippen molar-refractivity contribution in [3.8, 4) is 11.3 Å². The van der Waals surface area contributed by atoms with Gasteiger partial charge in [0.2, 0.25) is 5.91 Å². The fourth-order valence-corrected chi connectivity index (χ4v) is 4.23. The highest BCUT2D eigenvalue weighted by Gasteiger charge is 2.33. The summed E-state index contributed by atoms with van der Waals surface area (Å²) in [4.78, 5) is 48.0. The number of likely N-dealkylation sites (tertiary alicyclic amines) is 1. The molecule has 0 saturated carbocycles. The van der Waals surface area contributed by atoms with Gasteiger partial charge in [-0.25, -0.2) is 14.6 Å². The number of pyridine rings is 1. The molecule has 2 aromatic heterocycles. The van der Waals surface area contributed by atoms with Gasteiger partial charge in [-0.2, -0.15) is 0 Å². The third-order valence-corrected chi connectivity index (χ3v) is 5.89. The number of nitrogens with two attached hydrogens (primary N) is 2. The molecule has 1 aliphatic rings. The Morgan fingerprint density at radius 1 is 1.11 bits per heavy atom. The van der Waals surface area contributed by atoms with Gasteiger partial charge in [0.05, 0.1) is 6.04 Å². The Hall–Kier alpha value is -4.47. The Bertz CT molecular complexity index is 1270. The van der Waals surface area contributed by atoms with E-state index >= 15 is 0 Å². The second kappa shape index (κ2) is 10.2. The van der Waals surface area contributed by atoms with E-state index in [9.17, 15) is 14.4 Å². The summed E-state index contributed by atoms with van der Waals surface area (Å²) in [5.41, 5.74) is 6.97. The number of carbonyl (C=O) groups excluding carboxylic acids is 3. The lowest BCUT2D eigenvalue weighted by atomic mass is 10.0. The lowest BCUT2D eigenvalue weighted by Crippen LogP contribution is -2.39. The van der Waals surface area contributed by atoms with Crippen LogP contribution in [0.3, 0.4) is 0 Å². The van der Waals surface area contributed by atoms with Gasteiger partial charge in [0, 0.05) is 23.9 Å². The van der Waals surface area contributed by atoms with Crippen LogP contribution in [-0.4, -0.2) is 43.8 Å². The average Bonchev–Trinajstić information content (AvgIpc) is 3.22. The fraction of sp³-hybridized carbons (Fsp3) is 0.240. The number of rotatable bonds is 6. The van der Waals surface area contributed by atoms with Gasteiger partial charge in [-0.3, -0.25) is 14.4 Å². The van der Waals surface area contributed by atoms with Crippen molar-refractivity contribution in [1.29, 1.82) is 0 Å². The topological polar surface area (TPSA) is 149 Å². The number of imidazole rings is 1. The molecule has 1 atom stereocenters. The molecule has 1 aromatic carbocycles. The van der Waals surface area contributed by atoms with E-state index in [0.29, 0.717) is 41.4 Å². The summed E-state index contributed by atoms with van der Waals surface area (Å²) in [6.45, 7) is 2.35. The van der Waals surface area contributed by atoms with Crippen LogP contribution in [0.15, 0.2) is 60.8 Å². The van der Waals surface area contributed by atoms with Crippen LogP contribution in [0.1, 0.15) is 58.9 Å². The molecule has 0 spiro atoms. The molecule has 1 unspecified atom stereocenters. The van der Waals surface area contributed by atoms with Crippen molar-refractivity contribution in [3.05, 3.63) is 77.9 Å². The second-order valence-corrected chi connectivity index (χ2v) is 8.19. The standard InChI is InChI=1S/C25H27N7O3/c1-2-7-20(33)31-15-6-4-8-18(31)24-30-21(22(23(26)34)32(24)27)16-10-12-17(13-11-16)25(35)29-19-9-3-5-14-28-19/h2-3,5,7,9-14,18H,4,6,8,15,27H2,1H3,(H2,26,34)(H,28,29,35). The molecule has 1 fully saturated rings. The van der Waals surface area contributed by atoms with Crippen LogP contribution in [0, 0.1) is 0 Å². The zero-order valence-electron chi connectivity index (χ0n) is 19.3. The molecule has 5 N–H and O–H groups in total. The van der Waals surface area contributed by atoms with Gasteiger partial charge in [0.25, 0.3) is 11.8 Å². The number of primary amides is 1. The van der Waals surface area contributed by atoms with E-state index in [0.717, 1.165) is 12.8 Å². The minimum absolute atomic E-state index is 0.0368. The summed E-state index contributed by atoms with van der Waals surface area (Å²) in [7, 11) is 0. The SMILES string of the molecule is CC=CC(=O)N1CCCCC1c1nc(-c2ccc(C(=O)Nc3ccccn3)cc2)c(C(N)=O)n1N. The van der Waals surface area contributed by atoms with Crippen molar-refractivity contribution in [3.63, 3.8) is 0 Å². The molecule has 10 nitrogen and oxygen atoms in total. The lowest BCUT2D eigenvalue weighted by Gasteiger charge is -2.34. The number of anilines is 1. The van der Waals surface area contributed by atoms with Crippen LogP contribution in [0.2, 0.25) is 0 Å². The van der Waals surface area contributed by atoms with E-state index in [4.69, 9.17) is 11.6 Å². The Morgan fingerprint density at radius 2 is 1.89 bits per heavy atom. The fourth-order valence-electron chi connectivity index (χ4n) is 4.23. The van der Waals surface area contributed by atoms with E-state index in [1.54, 1.807) is 66.6 Å². The summed E-state index contributed by atoms with van der Waals surface area (Å²) in [5, 5.41) is 2.72. The molecule has 4 rings (SSSR count). The molecule has 0 radical (unpaired) electrons. The van der Waals surface area contributed by atoms with Gasteiger partial charge in [-0.05, 0) is 56.5 Å². The summed E-state index contributed by atoms with van der Waals surface area (Å²) < 4.78 is 1.19. The second-order valence-electron chi connectivity index (χ2n) is 8.19. The van der Waals surface area contributed by atoms with E-state index in [-0.39, 0.29) is 23.6 Å². The van der Waals surface area contributed by atoms with Gasteiger partial charge < -0.3 is 21.8 Å². The number of carbonyl (C=O) groups is 3. The van der Waals surface area contributed by atoms with E-state index < -0.39 is 5.91 Å². The summed E-state index contributed by atoms with van der Waals surface area (Å²) in [5.74, 6) is 5.94. The number of aromatic nitrogens is 3. The third kappa shape index (κ3) is 4.91. The molecule has 0 bridgehead atoms. The number of benzene rings is 1. The molecule has 3 heterocycles. The Balaban J connectivity index is 1.66. The normalized spacial score (nSPS) is 15.8. The van der Waals surface area contributed by atoms with Gasteiger partial charge in [-0.1, -0.05) is 24.3 Å². The Morgan fingerprint density at radius 3 is 2.54 bits per heavy atom. The molecular formula is C25H27N7O3. The lowest BCUT2D eigenvalue weighted by molar-refractivity contribution is -0.130. The first-order valence-electron chi connectivity index (χ1n) is 11.3. The first-order chi connectivity index (χ1) is 16.9. The maximum absolute atomic E-state index is 12.6. The van der Waals surface area contributed by atoms with Crippen LogP contribution >= 0.6 is 0 Å². The molecule has 1 saturated heterocycles. The Labute approximate surface area is 202 Å². The predicted molar refractivity (Wildman–Crippen MR) is 132 cm³/mol. The molecule has 3 amide bonds. The number of nitrogens with zero attached hydrogens (tertiary/aromatic N) is 4. The molecule has 0 aliphatic carbocycles. The highest BCUT2D eigenvalue weighted by atomic mass is 16.2. The number of amides is 3. The highest BCUT2D eigenvalue weighted by Crippen LogP contribution is 2.33. The van der Waals surface area contributed by atoms with Gasteiger partial charge in [-0.15, -0.1) is 0 Å². The zero-order valence-corrected chi connectivity index (χ0v) is 19.3. The maximum Gasteiger partial charge on any atom is 0.269 e. The average molecular weight is 474 g/mol. The number of hydrogen-bond donors (Lipinski definition) is 3. The molecular weight excluding hydrogens is 446 g/mol. The quantitative estimate of drug-likeness (QED) is 0.370. The molecule has 180 valence electrons. The number of piperidine rings is 1. The number of allylic oxidation sites excluding steroid dienone is 1. The molecule has 3 aromatic rings. The molecule has 35 heavy (non-hydrogen) atoms. The smallest absolute Gasteiger partial charge is 0.269 e. The monoisotopic (exact) mass is 473 g/mol. The maximum atomic E-state index is 12.6. The number of nitrogen functional groups attached to an aromatic ring is 1. The number of hydrogen-bond acceptors (Lipinski definition) is 6. The van der Waals surface area contributed by atoms with Crippen LogP contribution in [0.5, 0.6) is 0 Å². The predicted octanol–water partition coefficient (Wildman–Crippen LogP) is 2.64. The van der Waals surface area contributed by atoms with Crippen molar-refractivity contribution in [1.82, 2.24) is 19.5 Å². The summed E-state index contributed by atoms with van der Waals surface area (Å²) in [6.07, 6.45) is 7.23. The van der Waals surface area contributed by atoms with Crippen molar-refractivity contribution >= 4 is 23.5 Å². The van der Waals surface area contributed by atoms with Crippen LogP contribution < -0.4 is 16.9 Å². The first-order valence-corrected chi connectivity index (χ1v) is 11.3.